The van der Waals surface area contributed by atoms with Crippen LogP contribution in [0.1, 0.15) is 22.8 Å². The molecule has 2 N–H and O–H groups in total. The number of hydrogen-bond acceptors (Lipinski definition) is 4. The summed E-state index contributed by atoms with van der Waals surface area (Å²) in [7, 11) is -3.95. The fourth-order valence-corrected chi connectivity index (χ4v) is 3.45. The Morgan fingerprint density at radius 2 is 1.88 bits per heavy atom. The van der Waals surface area contributed by atoms with Crippen LogP contribution in [-0.4, -0.2) is 26.1 Å². The lowest BCUT2D eigenvalue weighted by atomic mass is 10.2. The molecule has 6 nitrogen and oxygen atoms in total. The van der Waals surface area contributed by atoms with E-state index in [4.69, 9.17) is 21.4 Å². The maximum atomic E-state index is 12.6. The lowest BCUT2D eigenvalue weighted by Gasteiger charge is -2.14. The lowest BCUT2D eigenvalue weighted by Crippen LogP contribution is -2.15. The Kier molecular flexibility index (Phi) is 5.36. The first-order chi connectivity index (χ1) is 11.2. The molecule has 0 unspecified atom stereocenters. The van der Waals surface area contributed by atoms with Crippen LogP contribution in [0, 0.1) is 6.92 Å². The van der Waals surface area contributed by atoms with Crippen LogP contribution in [0.25, 0.3) is 0 Å². The van der Waals surface area contributed by atoms with Crippen LogP contribution >= 0.6 is 11.6 Å². The van der Waals surface area contributed by atoms with E-state index in [9.17, 15) is 13.2 Å². The van der Waals surface area contributed by atoms with Crippen LogP contribution in [0.2, 0.25) is 5.02 Å². The zero-order valence-electron chi connectivity index (χ0n) is 13.0. The number of halogens is 1. The molecule has 0 atom stereocenters. The number of carboxylic acids is 1. The number of aryl methyl sites for hydroxylation is 1. The minimum Gasteiger partial charge on any atom is -0.492 e. The van der Waals surface area contributed by atoms with Crippen LogP contribution in [0.3, 0.4) is 0 Å². The molecule has 0 radical (unpaired) electrons. The molecule has 2 aromatic carbocycles. The van der Waals surface area contributed by atoms with Gasteiger partial charge in [-0.05, 0) is 55.8 Å². The zero-order valence-corrected chi connectivity index (χ0v) is 14.6. The molecular formula is C16H16ClNO5S. The van der Waals surface area contributed by atoms with E-state index in [2.05, 4.69) is 4.72 Å². The van der Waals surface area contributed by atoms with Gasteiger partial charge in [0.2, 0.25) is 0 Å². The normalized spacial score (nSPS) is 11.1. The topological polar surface area (TPSA) is 92.7 Å². The molecule has 0 bridgehead atoms. The van der Waals surface area contributed by atoms with Crippen molar-refractivity contribution in [3.05, 3.63) is 52.5 Å². The van der Waals surface area contributed by atoms with Crippen molar-refractivity contribution in [1.29, 1.82) is 0 Å². The Morgan fingerprint density at radius 3 is 2.42 bits per heavy atom. The number of sulfonamides is 1. The third kappa shape index (κ3) is 3.98. The number of aromatic carboxylic acids is 1. The number of carboxylic acid groups (broad SMARTS) is 1. The van der Waals surface area contributed by atoms with Gasteiger partial charge in [-0.2, -0.15) is 0 Å². The molecule has 0 aliphatic heterocycles. The van der Waals surface area contributed by atoms with E-state index in [1.54, 1.807) is 19.9 Å². The van der Waals surface area contributed by atoms with Crippen LogP contribution in [-0.2, 0) is 10.0 Å². The molecule has 24 heavy (non-hydrogen) atoms. The number of nitrogens with one attached hydrogen (secondary N) is 1. The van der Waals surface area contributed by atoms with Crippen molar-refractivity contribution in [3.8, 4) is 5.75 Å². The Morgan fingerprint density at radius 1 is 1.25 bits per heavy atom. The first kappa shape index (κ1) is 18.1. The third-order valence-electron chi connectivity index (χ3n) is 3.20. The maximum Gasteiger partial charge on any atom is 0.335 e. The monoisotopic (exact) mass is 369 g/mol. The van der Waals surface area contributed by atoms with Crippen LogP contribution in [0.4, 0.5) is 5.69 Å². The summed E-state index contributed by atoms with van der Waals surface area (Å²) in [5, 5.41) is 9.17. The van der Waals surface area contributed by atoms with E-state index in [0.717, 1.165) is 0 Å². The summed E-state index contributed by atoms with van der Waals surface area (Å²) in [5.74, 6) is -0.887. The Bertz CT molecular complexity index is 863. The zero-order chi connectivity index (χ0) is 17.9. The van der Waals surface area contributed by atoms with Gasteiger partial charge in [0.05, 0.1) is 12.2 Å². The largest absolute Gasteiger partial charge is 0.492 e. The van der Waals surface area contributed by atoms with Gasteiger partial charge in [-0.25, -0.2) is 13.2 Å². The second-order valence-corrected chi connectivity index (χ2v) is 7.03. The van der Waals surface area contributed by atoms with Gasteiger partial charge < -0.3 is 9.84 Å². The summed E-state index contributed by atoms with van der Waals surface area (Å²) in [6, 6.07) is 8.26. The highest BCUT2D eigenvalue weighted by atomic mass is 35.5. The Hall–Kier alpha value is -2.25. The molecule has 0 heterocycles. The second kappa shape index (κ2) is 7.11. The van der Waals surface area contributed by atoms with Gasteiger partial charge in [-0.3, -0.25) is 4.72 Å². The minimum absolute atomic E-state index is 0.0614. The lowest BCUT2D eigenvalue weighted by molar-refractivity contribution is 0.0697. The Labute approximate surface area is 145 Å². The van der Waals surface area contributed by atoms with Gasteiger partial charge in [0.1, 0.15) is 10.6 Å². The van der Waals surface area contributed by atoms with Crippen molar-refractivity contribution in [3.63, 3.8) is 0 Å². The van der Waals surface area contributed by atoms with E-state index < -0.39 is 16.0 Å². The average Bonchev–Trinajstić information content (AvgIpc) is 2.51. The fourth-order valence-electron chi connectivity index (χ4n) is 2.01. The van der Waals surface area contributed by atoms with Crippen LogP contribution < -0.4 is 9.46 Å². The molecular weight excluding hydrogens is 354 g/mol. The highest BCUT2D eigenvalue weighted by Gasteiger charge is 2.21. The molecule has 0 fully saturated rings. The summed E-state index contributed by atoms with van der Waals surface area (Å²) in [5.41, 5.74) is 0.996. The molecule has 0 amide bonds. The third-order valence-corrected chi connectivity index (χ3v) is 5.01. The second-order valence-electron chi connectivity index (χ2n) is 4.97. The average molecular weight is 370 g/mol. The predicted molar refractivity (Wildman–Crippen MR) is 91.6 cm³/mol. The standard InChI is InChI=1S/C16H16ClNO5S/c1-3-23-14-8-10(2)13(17)9-15(14)24(21,22)18-12-6-4-11(5-7-12)16(19)20/h4-9,18H,3H2,1-2H3,(H,19,20). The van der Waals surface area contributed by atoms with E-state index in [1.165, 1.54) is 30.3 Å². The van der Waals surface area contributed by atoms with Crippen LogP contribution in [0.5, 0.6) is 5.75 Å². The highest BCUT2D eigenvalue weighted by molar-refractivity contribution is 7.92. The molecule has 2 aromatic rings. The van der Waals surface area contributed by atoms with Crippen molar-refractivity contribution in [1.82, 2.24) is 0 Å². The number of ether oxygens (including phenoxy) is 1. The molecule has 0 aliphatic carbocycles. The molecule has 128 valence electrons. The quantitative estimate of drug-likeness (QED) is 0.812. The van der Waals surface area contributed by atoms with E-state index in [-0.39, 0.29) is 21.9 Å². The van der Waals surface area contributed by atoms with E-state index in [0.29, 0.717) is 17.2 Å². The van der Waals surface area contributed by atoms with Crippen molar-refractivity contribution in [2.24, 2.45) is 0 Å². The number of hydrogen-bond donors (Lipinski definition) is 2. The van der Waals surface area contributed by atoms with Gasteiger partial charge in [-0.15, -0.1) is 0 Å². The first-order valence-corrected chi connectivity index (χ1v) is 8.90. The van der Waals surface area contributed by atoms with Crippen molar-refractivity contribution >= 4 is 33.3 Å². The van der Waals surface area contributed by atoms with Gasteiger partial charge in [-0.1, -0.05) is 11.6 Å². The van der Waals surface area contributed by atoms with Crippen molar-refractivity contribution in [2.45, 2.75) is 18.7 Å². The highest BCUT2D eigenvalue weighted by Crippen LogP contribution is 2.31. The summed E-state index contributed by atoms with van der Waals surface area (Å²) >= 11 is 6.04. The number of benzene rings is 2. The molecule has 0 spiro atoms. The molecule has 2 rings (SSSR count). The predicted octanol–water partition coefficient (Wildman–Crippen LogP) is 3.55. The Balaban J connectivity index is 2.39. The van der Waals surface area contributed by atoms with Gasteiger partial charge in [0.25, 0.3) is 10.0 Å². The number of anilines is 1. The molecule has 0 saturated carbocycles. The summed E-state index contributed by atoms with van der Waals surface area (Å²) in [4.78, 5) is 10.8. The molecule has 8 heteroatoms. The van der Waals surface area contributed by atoms with Crippen LogP contribution in [0.15, 0.2) is 41.3 Å². The van der Waals surface area contributed by atoms with E-state index >= 15 is 0 Å². The van der Waals surface area contributed by atoms with E-state index in [1.807, 2.05) is 0 Å². The number of rotatable bonds is 6. The van der Waals surface area contributed by atoms with Crippen molar-refractivity contribution < 1.29 is 23.1 Å². The summed E-state index contributed by atoms with van der Waals surface area (Å²) in [6.45, 7) is 3.80. The van der Waals surface area contributed by atoms with Gasteiger partial charge in [0.15, 0.2) is 0 Å². The van der Waals surface area contributed by atoms with Crippen molar-refractivity contribution in [2.75, 3.05) is 11.3 Å². The smallest absolute Gasteiger partial charge is 0.335 e. The molecule has 0 aromatic heterocycles. The fraction of sp³-hybridized carbons (Fsp3) is 0.188. The van der Waals surface area contributed by atoms with Gasteiger partial charge >= 0.3 is 5.97 Å². The maximum absolute atomic E-state index is 12.6. The SMILES string of the molecule is CCOc1cc(C)c(Cl)cc1S(=O)(=O)Nc1ccc(C(=O)O)cc1. The van der Waals surface area contributed by atoms with Gasteiger partial charge in [0, 0.05) is 10.7 Å². The first-order valence-electron chi connectivity index (χ1n) is 7.03. The summed E-state index contributed by atoms with van der Waals surface area (Å²) < 4.78 is 33.0. The minimum atomic E-state index is -3.95. The number of carbonyl (C=O) groups is 1. The summed E-state index contributed by atoms with van der Waals surface area (Å²) in [6.07, 6.45) is 0. The molecule has 0 saturated heterocycles. The molecule has 0 aliphatic rings.